The Morgan fingerprint density at radius 3 is 2.48 bits per heavy atom. The third kappa shape index (κ3) is 3.33. The second-order valence-electron chi connectivity index (χ2n) is 7.29. The molecule has 1 N–H and O–H groups in total. The number of nitrogens with zero attached hydrogens (tertiary/aromatic N) is 4. The predicted octanol–water partition coefficient (Wildman–Crippen LogP) is 2.36. The van der Waals surface area contributed by atoms with Crippen LogP contribution in [0.15, 0.2) is 6.07 Å². The highest BCUT2D eigenvalue weighted by Crippen LogP contribution is 2.32. The van der Waals surface area contributed by atoms with Gasteiger partial charge >= 0.3 is 0 Å². The third-order valence-electron chi connectivity index (χ3n) is 3.72. The van der Waals surface area contributed by atoms with Crippen molar-refractivity contribution in [3.8, 4) is 6.07 Å². The van der Waals surface area contributed by atoms with E-state index in [4.69, 9.17) is 5.26 Å². The van der Waals surface area contributed by atoms with Crippen LogP contribution in [0, 0.1) is 11.3 Å². The van der Waals surface area contributed by atoms with Gasteiger partial charge in [-0.25, -0.2) is 9.97 Å². The molecule has 1 aliphatic heterocycles. The molecule has 0 bridgehead atoms. The maximum absolute atomic E-state index is 10.1. The summed E-state index contributed by atoms with van der Waals surface area (Å²) in [4.78, 5) is 11.3. The maximum atomic E-state index is 10.1. The van der Waals surface area contributed by atoms with Crippen molar-refractivity contribution in [1.82, 2.24) is 9.97 Å². The van der Waals surface area contributed by atoms with Crippen molar-refractivity contribution in [2.75, 3.05) is 18.0 Å². The van der Waals surface area contributed by atoms with E-state index in [0.717, 1.165) is 17.3 Å². The molecule has 0 radical (unpaired) electrons. The van der Waals surface area contributed by atoms with E-state index in [9.17, 15) is 5.11 Å². The van der Waals surface area contributed by atoms with Gasteiger partial charge in [-0.15, -0.1) is 0 Å². The molecule has 114 valence electrons. The summed E-state index contributed by atoms with van der Waals surface area (Å²) in [6, 6.07) is 4.04. The van der Waals surface area contributed by atoms with Crippen molar-refractivity contribution in [3.63, 3.8) is 0 Å². The molecular formula is C16H24N4O. The Kier molecular flexibility index (Phi) is 3.94. The summed E-state index contributed by atoms with van der Waals surface area (Å²) in [7, 11) is 0. The fourth-order valence-electron chi connectivity index (χ4n) is 2.34. The van der Waals surface area contributed by atoms with Gasteiger partial charge in [-0.2, -0.15) is 5.26 Å². The van der Waals surface area contributed by atoms with Gasteiger partial charge in [0.1, 0.15) is 17.2 Å². The molecule has 0 unspecified atom stereocenters. The lowest BCUT2D eigenvalue weighted by Gasteiger charge is -2.46. The second kappa shape index (κ2) is 5.27. The highest BCUT2D eigenvalue weighted by Gasteiger charge is 2.42. The van der Waals surface area contributed by atoms with E-state index >= 15 is 0 Å². The Morgan fingerprint density at radius 1 is 1.38 bits per heavy atom. The van der Waals surface area contributed by atoms with E-state index < -0.39 is 5.60 Å². The molecule has 1 aromatic rings. The van der Waals surface area contributed by atoms with Crippen LogP contribution in [-0.4, -0.2) is 33.8 Å². The van der Waals surface area contributed by atoms with E-state index in [-0.39, 0.29) is 17.8 Å². The van der Waals surface area contributed by atoms with E-state index in [0.29, 0.717) is 13.1 Å². The largest absolute Gasteiger partial charge is 0.385 e. The van der Waals surface area contributed by atoms with E-state index in [2.05, 4.69) is 44.6 Å². The summed E-state index contributed by atoms with van der Waals surface area (Å²) in [5.41, 5.74) is 0.0706. The zero-order valence-corrected chi connectivity index (χ0v) is 13.5. The van der Waals surface area contributed by atoms with E-state index in [1.165, 1.54) is 0 Å². The molecule has 1 fully saturated rings. The van der Waals surface area contributed by atoms with Crippen molar-refractivity contribution in [1.29, 1.82) is 5.26 Å². The van der Waals surface area contributed by atoms with Crippen LogP contribution in [0.3, 0.4) is 0 Å². The SMILES string of the molecule is CC(C)c1nc(N2CC(O)(CC#N)C2)cc(C(C)(C)C)n1. The summed E-state index contributed by atoms with van der Waals surface area (Å²) < 4.78 is 0. The van der Waals surface area contributed by atoms with Gasteiger partial charge in [0.15, 0.2) is 0 Å². The highest BCUT2D eigenvalue weighted by molar-refractivity contribution is 5.46. The van der Waals surface area contributed by atoms with Crippen LogP contribution in [0.2, 0.25) is 0 Å². The lowest BCUT2D eigenvalue weighted by Crippen LogP contribution is -2.62. The van der Waals surface area contributed by atoms with Crippen LogP contribution in [-0.2, 0) is 5.41 Å². The summed E-state index contributed by atoms with van der Waals surface area (Å²) in [6.45, 7) is 11.5. The zero-order valence-electron chi connectivity index (χ0n) is 13.5. The molecular weight excluding hydrogens is 264 g/mol. The minimum absolute atomic E-state index is 0.0465. The molecule has 5 heteroatoms. The van der Waals surface area contributed by atoms with Crippen LogP contribution in [0.25, 0.3) is 0 Å². The lowest BCUT2D eigenvalue weighted by molar-refractivity contribution is 0.0161. The molecule has 0 aliphatic carbocycles. The Hall–Kier alpha value is -1.67. The number of rotatable bonds is 3. The molecule has 1 aliphatic rings. The van der Waals surface area contributed by atoms with Gasteiger partial charge < -0.3 is 10.0 Å². The molecule has 0 amide bonds. The quantitative estimate of drug-likeness (QED) is 0.924. The van der Waals surface area contributed by atoms with Gasteiger partial charge in [-0.3, -0.25) is 0 Å². The average molecular weight is 288 g/mol. The van der Waals surface area contributed by atoms with Gasteiger partial charge in [0.25, 0.3) is 0 Å². The van der Waals surface area contributed by atoms with Gasteiger partial charge in [-0.05, 0) is 0 Å². The summed E-state index contributed by atoms with van der Waals surface area (Å²) in [5.74, 6) is 1.93. The Balaban J connectivity index is 2.29. The average Bonchev–Trinajstić information content (AvgIpc) is 2.34. The van der Waals surface area contributed by atoms with Crippen molar-refractivity contribution in [2.24, 2.45) is 0 Å². The first-order chi connectivity index (χ1) is 9.64. The van der Waals surface area contributed by atoms with Gasteiger partial charge in [0.2, 0.25) is 0 Å². The number of aromatic nitrogens is 2. The van der Waals surface area contributed by atoms with Crippen LogP contribution >= 0.6 is 0 Å². The van der Waals surface area contributed by atoms with Gasteiger partial charge in [0.05, 0.1) is 31.3 Å². The van der Waals surface area contributed by atoms with Crippen LogP contribution in [0.4, 0.5) is 5.82 Å². The number of β-amino-alcohol motifs (C(OH)–C–C–N with tert-alkyl or cyclic N) is 1. The maximum Gasteiger partial charge on any atom is 0.133 e. The van der Waals surface area contributed by atoms with Crippen molar-refractivity contribution in [2.45, 2.75) is 58.0 Å². The number of hydrogen-bond donors (Lipinski definition) is 1. The predicted molar refractivity (Wildman–Crippen MR) is 82.2 cm³/mol. The van der Waals surface area contributed by atoms with Crippen LogP contribution in [0.1, 0.15) is 58.5 Å². The first kappa shape index (κ1) is 15.7. The standard InChI is InChI=1S/C16H24N4O/c1-11(2)14-18-12(15(3,4)5)8-13(19-14)20-9-16(21,10-20)6-7-17/h8,11,21H,6,9-10H2,1-5H3. The normalized spacial score (nSPS) is 17.5. The fourth-order valence-corrected chi connectivity index (χ4v) is 2.34. The van der Waals surface area contributed by atoms with Crippen LogP contribution < -0.4 is 4.90 Å². The number of nitriles is 1. The minimum atomic E-state index is -0.889. The van der Waals surface area contributed by atoms with E-state index in [1.54, 1.807) is 0 Å². The Morgan fingerprint density at radius 2 is 2.00 bits per heavy atom. The molecule has 0 aromatic carbocycles. The second-order valence-corrected chi connectivity index (χ2v) is 7.29. The molecule has 0 atom stereocenters. The van der Waals surface area contributed by atoms with Crippen molar-refractivity contribution in [3.05, 3.63) is 17.6 Å². The number of anilines is 1. The molecule has 1 saturated heterocycles. The highest BCUT2D eigenvalue weighted by atomic mass is 16.3. The number of hydrogen-bond acceptors (Lipinski definition) is 5. The monoisotopic (exact) mass is 288 g/mol. The zero-order chi connectivity index (χ0) is 15.8. The lowest BCUT2D eigenvalue weighted by atomic mass is 9.89. The van der Waals surface area contributed by atoms with Gasteiger partial charge in [0, 0.05) is 17.4 Å². The molecule has 1 aromatic heterocycles. The van der Waals surface area contributed by atoms with Gasteiger partial charge in [-0.1, -0.05) is 34.6 Å². The summed E-state index contributed by atoms with van der Waals surface area (Å²) in [5, 5.41) is 18.9. The third-order valence-corrected chi connectivity index (χ3v) is 3.72. The number of aliphatic hydroxyl groups is 1. The summed E-state index contributed by atoms with van der Waals surface area (Å²) in [6.07, 6.45) is 0.164. The first-order valence-corrected chi connectivity index (χ1v) is 7.38. The van der Waals surface area contributed by atoms with Crippen LogP contribution in [0.5, 0.6) is 0 Å². The molecule has 0 spiro atoms. The minimum Gasteiger partial charge on any atom is -0.385 e. The molecule has 5 nitrogen and oxygen atoms in total. The fraction of sp³-hybridized carbons (Fsp3) is 0.688. The molecule has 21 heavy (non-hydrogen) atoms. The van der Waals surface area contributed by atoms with E-state index in [1.807, 2.05) is 17.0 Å². The topological polar surface area (TPSA) is 73.0 Å². The Labute approximate surface area is 126 Å². The van der Waals surface area contributed by atoms with Crippen molar-refractivity contribution < 1.29 is 5.11 Å². The first-order valence-electron chi connectivity index (χ1n) is 7.38. The summed E-state index contributed by atoms with van der Waals surface area (Å²) >= 11 is 0. The molecule has 2 rings (SSSR count). The molecule has 0 saturated carbocycles. The van der Waals surface area contributed by atoms with Crippen molar-refractivity contribution >= 4 is 5.82 Å². The molecule has 2 heterocycles. The Bertz CT molecular complexity index is 563. The smallest absolute Gasteiger partial charge is 0.133 e.